The lowest BCUT2D eigenvalue weighted by Crippen LogP contribution is -2.43. The summed E-state index contributed by atoms with van der Waals surface area (Å²) in [6, 6.07) is -0.281. The number of carbonyl (C=O) groups is 1. The number of ether oxygens (including phenoxy) is 2. The van der Waals surface area contributed by atoms with Gasteiger partial charge in [-0.1, -0.05) is 5.16 Å². The lowest BCUT2D eigenvalue weighted by atomic mass is 10.2. The average Bonchev–Trinajstić information content (AvgIpc) is 3.11. The summed E-state index contributed by atoms with van der Waals surface area (Å²) in [5.41, 5.74) is 0. The molecule has 1 fully saturated rings. The van der Waals surface area contributed by atoms with E-state index in [9.17, 15) is 4.79 Å². The van der Waals surface area contributed by atoms with E-state index in [-0.39, 0.29) is 17.9 Å². The van der Waals surface area contributed by atoms with Crippen LogP contribution in [0.4, 0.5) is 0 Å². The first-order valence-electron chi connectivity index (χ1n) is 6.59. The summed E-state index contributed by atoms with van der Waals surface area (Å²) in [5, 5.41) is 9.65. The third kappa shape index (κ3) is 3.33. The van der Waals surface area contributed by atoms with Gasteiger partial charge in [-0.3, -0.25) is 4.79 Å². The van der Waals surface area contributed by atoms with E-state index in [0.29, 0.717) is 5.89 Å². The molecule has 8 heteroatoms. The summed E-state index contributed by atoms with van der Waals surface area (Å²) >= 11 is 0. The molecule has 0 radical (unpaired) electrons. The molecular formula is C12H20N4O4. The van der Waals surface area contributed by atoms with Crippen molar-refractivity contribution in [3.8, 4) is 0 Å². The predicted octanol–water partition coefficient (Wildman–Crippen LogP) is 0.231. The first-order valence-corrected chi connectivity index (χ1v) is 6.59. The number of hydrogen-bond acceptors (Lipinski definition) is 7. The molecule has 0 spiro atoms. The molecule has 0 bridgehead atoms. The maximum atomic E-state index is 12.0. The molecule has 112 valence electrons. The number of rotatable bonds is 6. The summed E-state index contributed by atoms with van der Waals surface area (Å²) < 4.78 is 15.3. The van der Waals surface area contributed by atoms with E-state index >= 15 is 0 Å². The van der Waals surface area contributed by atoms with Crippen LogP contribution in [0.2, 0.25) is 0 Å². The number of nitrogens with zero attached hydrogens (tertiary/aromatic N) is 2. The smallest absolute Gasteiger partial charge is 0.293 e. The zero-order valence-electron chi connectivity index (χ0n) is 11.9. The predicted molar refractivity (Wildman–Crippen MR) is 69.0 cm³/mol. The molecule has 1 aliphatic rings. The van der Waals surface area contributed by atoms with Gasteiger partial charge in [-0.15, -0.1) is 0 Å². The Morgan fingerprint density at radius 2 is 2.25 bits per heavy atom. The molecule has 8 nitrogen and oxygen atoms in total. The Morgan fingerprint density at radius 3 is 2.85 bits per heavy atom. The van der Waals surface area contributed by atoms with Crippen molar-refractivity contribution < 1.29 is 18.8 Å². The van der Waals surface area contributed by atoms with E-state index in [2.05, 4.69) is 20.8 Å². The molecule has 2 atom stereocenters. The molecule has 0 saturated carbocycles. The summed E-state index contributed by atoms with van der Waals surface area (Å²) in [4.78, 5) is 16.1. The number of amides is 1. The molecule has 0 aromatic carbocycles. The maximum absolute atomic E-state index is 12.0. The summed E-state index contributed by atoms with van der Waals surface area (Å²) in [6.45, 7) is 2.70. The lowest BCUT2D eigenvalue weighted by Gasteiger charge is -2.21. The van der Waals surface area contributed by atoms with Crippen LogP contribution in [-0.2, 0) is 9.47 Å². The van der Waals surface area contributed by atoms with E-state index in [1.807, 2.05) is 0 Å². The summed E-state index contributed by atoms with van der Waals surface area (Å²) in [7, 11) is 3.02. The van der Waals surface area contributed by atoms with Crippen LogP contribution >= 0.6 is 0 Å². The molecule has 2 heterocycles. The Balaban J connectivity index is 1.95. The van der Waals surface area contributed by atoms with Gasteiger partial charge in [-0.2, -0.15) is 4.98 Å². The van der Waals surface area contributed by atoms with Gasteiger partial charge in [-0.25, -0.2) is 0 Å². The van der Waals surface area contributed by atoms with Crippen LogP contribution in [-0.4, -0.2) is 49.1 Å². The Morgan fingerprint density at radius 1 is 1.50 bits per heavy atom. The average molecular weight is 284 g/mol. The van der Waals surface area contributed by atoms with Crippen molar-refractivity contribution in [1.82, 2.24) is 20.8 Å². The van der Waals surface area contributed by atoms with Gasteiger partial charge in [-0.05, 0) is 26.3 Å². The minimum atomic E-state index is -0.526. The molecule has 1 aliphatic heterocycles. The Bertz CT molecular complexity index is 440. The first kappa shape index (κ1) is 14.9. The summed E-state index contributed by atoms with van der Waals surface area (Å²) in [5.74, 6) is 0.0615. The van der Waals surface area contributed by atoms with Crippen LogP contribution in [0.3, 0.4) is 0 Å². The quantitative estimate of drug-likeness (QED) is 0.721. The van der Waals surface area contributed by atoms with Crippen LogP contribution in [0.1, 0.15) is 42.3 Å². The second-order valence-corrected chi connectivity index (χ2v) is 4.71. The number of aromatic nitrogens is 2. The molecule has 2 N–H and O–H groups in total. The third-order valence-corrected chi connectivity index (χ3v) is 3.23. The van der Waals surface area contributed by atoms with Crippen molar-refractivity contribution in [2.45, 2.75) is 38.1 Å². The van der Waals surface area contributed by atoms with Crippen molar-refractivity contribution in [3.05, 3.63) is 11.7 Å². The van der Waals surface area contributed by atoms with Crippen LogP contribution < -0.4 is 10.6 Å². The standard InChI is InChI=1S/C12H20N4O4/c1-7(12(18-2)19-3)14-10(17)9-15-11(20-16-9)8-5-4-6-13-8/h7-8,12-13H,4-6H2,1-3H3,(H,14,17). The van der Waals surface area contributed by atoms with Crippen molar-refractivity contribution in [2.75, 3.05) is 20.8 Å². The SMILES string of the molecule is COC(OC)C(C)NC(=O)c1noc(C2CCCN2)n1. The van der Waals surface area contributed by atoms with Crippen molar-refractivity contribution in [1.29, 1.82) is 0 Å². The van der Waals surface area contributed by atoms with Gasteiger partial charge in [0.1, 0.15) is 0 Å². The topological polar surface area (TPSA) is 98.5 Å². The molecule has 20 heavy (non-hydrogen) atoms. The lowest BCUT2D eigenvalue weighted by molar-refractivity contribution is -0.117. The Labute approximate surface area is 117 Å². The highest BCUT2D eigenvalue weighted by atomic mass is 16.7. The van der Waals surface area contributed by atoms with Crippen molar-refractivity contribution in [3.63, 3.8) is 0 Å². The number of carbonyl (C=O) groups excluding carboxylic acids is 1. The normalized spacial score (nSPS) is 20.3. The van der Waals surface area contributed by atoms with Gasteiger partial charge >= 0.3 is 0 Å². The fourth-order valence-electron chi connectivity index (χ4n) is 2.21. The highest BCUT2D eigenvalue weighted by Crippen LogP contribution is 2.20. The second kappa shape index (κ2) is 6.78. The van der Waals surface area contributed by atoms with E-state index in [0.717, 1.165) is 19.4 Å². The van der Waals surface area contributed by atoms with Crippen molar-refractivity contribution >= 4 is 5.91 Å². The molecule has 2 rings (SSSR count). The first-order chi connectivity index (χ1) is 9.65. The monoisotopic (exact) mass is 284 g/mol. The fourth-order valence-corrected chi connectivity index (χ4v) is 2.21. The fraction of sp³-hybridized carbons (Fsp3) is 0.750. The van der Waals surface area contributed by atoms with Gasteiger partial charge in [0.05, 0.1) is 12.1 Å². The third-order valence-electron chi connectivity index (χ3n) is 3.23. The van der Waals surface area contributed by atoms with Crippen LogP contribution in [0.25, 0.3) is 0 Å². The van der Waals surface area contributed by atoms with Gasteiger partial charge < -0.3 is 24.6 Å². The molecule has 2 unspecified atom stereocenters. The van der Waals surface area contributed by atoms with E-state index in [4.69, 9.17) is 14.0 Å². The number of methoxy groups -OCH3 is 2. The molecule has 0 aliphatic carbocycles. The summed E-state index contributed by atoms with van der Waals surface area (Å²) in [6.07, 6.45) is 1.48. The number of hydrogen-bond donors (Lipinski definition) is 2. The molecular weight excluding hydrogens is 264 g/mol. The van der Waals surface area contributed by atoms with Gasteiger partial charge in [0.15, 0.2) is 6.29 Å². The van der Waals surface area contributed by atoms with Gasteiger partial charge in [0.2, 0.25) is 5.89 Å². The van der Waals surface area contributed by atoms with Crippen LogP contribution in [0.5, 0.6) is 0 Å². The molecule has 1 aromatic rings. The number of nitrogens with one attached hydrogen (secondary N) is 2. The van der Waals surface area contributed by atoms with Crippen LogP contribution in [0.15, 0.2) is 4.52 Å². The largest absolute Gasteiger partial charge is 0.354 e. The maximum Gasteiger partial charge on any atom is 0.293 e. The van der Waals surface area contributed by atoms with E-state index in [1.165, 1.54) is 14.2 Å². The minimum absolute atomic E-state index is 0.0199. The Hall–Kier alpha value is -1.51. The van der Waals surface area contributed by atoms with Gasteiger partial charge in [0, 0.05) is 14.2 Å². The zero-order valence-corrected chi connectivity index (χ0v) is 11.9. The van der Waals surface area contributed by atoms with Gasteiger partial charge in [0.25, 0.3) is 11.7 Å². The Kier molecular flexibility index (Phi) is 5.05. The second-order valence-electron chi connectivity index (χ2n) is 4.71. The molecule has 1 saturated heterocycles. The van der Waals surface area contributed by atoms with Crippen LogP contribution in [0, 0.1) is 0 Å². The van der Waals surface area contributed by atoms with Crippen molar-refractivity contribution in [2.24, 2.45) is 0 Å². The highest BCUT2D eigenvalue weighted by Gasteiger charge is 2.26. The molecule has 1 aromatic heterocycles. The highest BCUT2D eigenvalue weighted by molar-refractivity contribution is 5.90. The zero-order chi connectivity index (χ0) is 14.5. The minimum Gasteiger partial charge on any atom is -0.354 e. The molecule has 1 amide bonds. The van der Waals surface area contributed by atoms with E-state index in [1.54, 1.807) is 6.92 Å². The van der Waals surface area contributed by atoms with E-state index < -0.39 is 12.2 Å².